The quantitative estimate of drug-likeness (QED) is 0.780. The summed E-state index contributed by atoms with van der Waals surface area (Å²) < 4.78 is 0. The van der Waals surface area contributed by atoms with Crippen LogP contribution in [-0.2, 0) is 0 Å². The van der Waals surface area contributed by atoms with E-state index in [0.29, 0.717) is 17.5 Å². The predicted octanol–water partition coefficient (Wildman–Crippen LogP) is 2.62. The molecule has 88 valence electrons. The highest BCUT2D eigenvalue weighted by molar-refractivity contribution is 6.28. The number of aryl methyl sites for hydroxylation is 1. The highest BCUT2D eigenvalue weighted by Gasteiger charge is 2.22. The summed E-state index contributed by atoms with van der Waals surface area (Å²) in [4.78, 5) is 8.15. The molecule has 1 aliphatic carbocycles. The standard InChI is InChI=1S/C11H17ClN4/c1-6-3-4-8(5-6)15-10-9(13)7(2)14-11(12)16-10/h6,8H,3-5,13H2,1-2H3,(H,14,15,16). The fourth-order valence-corrected chi connectivity index (χ4v) is 2.40. The topological polar surface area (TPSA) is 63.8 Å². The number of nitrogen functional groups attached to an aromatic ring is 1. The Morgan fingerprint density at radius 3 is 2.75 bits per heavy atom. The summed E-state index contributed by atoms with van der Waals surface area (Å²) in [5.41, 5.74) is 7.25. The second-order valence-corrected chi connectivity index (χ2v) is 4.94. The van der Waals surface area contributed by atoms with E-state index in [1.54, 1.807) is 0 Å². The van der Waals surface area contributed by atoms with Gasteiger partial charge in [-0.05, 0) is 43.7 Å². The van der Waals surface area contributed by atoms with Crippen LogP contribution in [0.1, 0.15) is 31.9 Å². The summed E-state index contributed by atoms with van der Waals surface area (Å²) in [5, 5.41) is 3.61. The lowest BCUT2D eigenvalue weighted by Gasteiger charge is -2.15. The lowest BCUT2D eigenvalue weighted by atomic mass is 10.1. The first kappa shape index (κ1) is 11.5. The molecule has 3 N–H and O–H groups in total. The van der Waals surface area contributed by atoms with Gasteiger partial charge in [0.15, 0.2) is 5.82 Å². The molecule has 1 heterocycles. The van der Waals surface area contributed by atoms with Crippen molar-refractivity contribution in [2.24, 2.45) is 5.92 Å². The Kier molecular flexibility index (Phi) is 3.19. The van der Waals surface area contributed by atoms with Gasteiger partial charge < -0.3 is 11.1 Å². The third-order valence-electron chi connectivity index (χ3n) is 3.14. The van der Waals surface area contributed by atoms with Crippen molar-refractivity contribution in [3.05, 3.63) is 11.0 Å². The minimum Gasteiger partial charge on any atom is -0.394 e. The van der Waals surface area contributed by atoms with Gasteiger partial charge in [-0.25, -0.2) is 4.98 Å². The van der Waals surface area contributed by atoms with Crippen LogP contribution in [0.4, 0.5) is 11.5 Å². The number of hydrogen-bond donors (Lipinski definition) is 2. The first-order chi connectivity index (χ1) is 7.56. The number of anilines is 2. The highest BCUT2D eigenvalue weighted by atomic mass is 35.5. The van der Waals surface area contributed by atoms with Gasteiger partial charge in [0.2, 0.25) is 5.28 Å². The van der Waals surface area contributed by atoms with Gasteiger partial charge in [-0.3, -0.25) is 0 Å². The van der Waals surface area contributed by atoms with Crippen molar-refractivity contribution >= 4 is 23.1 Å². The van der Waals surface area contributed by atoms with Crippen molar-refractivity contribution < 1.29 is 0 Å². The van der Waals surface area contributed by atoms with Crippen molar-refractivity contribution in [2.45, 2.75) is 39.2 Å². The molecule has 2 atom stereocenters. The summed E-state index contributed by atoms with van der Waals surface area (Å²) in [6.07, 6.45) is 3.59. The zero-order chi connectivity index (χ0) is 11.7. The van der Waals surface area contributed by atoms with Gasteiger partial charge in [-0.15, -0.1) is 0 Å². The van der Waals surface area contributed by atoms with Gasteiger partial charge >= 0.3 is 0 Å². The van der Waals surface area contributed by atoms with Crippen LogP contribution in [0.2, 0.25) is 5.28 Å². The Labute approximate surface area is 101 Å². The van der Waals surface area contributed by atoms with E-state index in [2.05, 4.69) is 22.2 Å². The Hall–Kier alpha value is -1.03. The molecule has 1 aromatic heterocycles. The van der Waals surface area contributed by atoms with Crippen LogP contribution >= 0.6 is 11.6 Å². The molecule has 2 rings (SSSR count). The Morgan fingerprint density at radius 2 is 2.12 bits per heavy atom. The average Bonchev–Trinajstić information content (AvgIpc) is 2.60. The van der Waals surface area contributed by atoms with E-state index < -0.39 is 0 Å². The van der Waals surface area contributed by atoms with Crippen molar-refractivity contribution in [2.75, 3.05) is 11.1 Å². The maximum Gasteiger partial charge on any atom is 0.224 e. The zero-order valence-electron chi connectivity index (χ0n) is 9.63. The molecule has 0 spiro atoms. The zero-order valence-corrected chi connectivity index (χ0v) is 10.4. The number of nitrogens with zero attached hydrogens (tertiary/aromatic N) is 2. The minimum atomic E-state index is 0.250. The second kappa shape index (κ2) is 4.45. The molecule has 5 heteroatoms. The fraction of sp³-hybridized carbons (Fsp3) is 0.636. The van der Waals surface area contributed by atoms with E-state index in [0.717, 1.165) is 11.6 Å². The van der Waals surface area contributed by atoms with Gasteiger partial charge in [-0.1, -0.05) is 6.92 Å². The summed E-state index contributed by atoms with van der Waals surface area (Å²) in [5.74, 6) is 1.45. The molecule has 0 saturated heterocycles. The number of halogens is 1. The molecule has 0 amide bonds. The fourth-order valence-electron chi connectivity index (χ4n) is 2.19. The molecule has 1 aliphatic rings. The van der Waals surface area contributed by atoms with Crippen molar-refractivity contribution in [3.63, 3.8) is 0 Å². The largest absolute Gasteiger partial charge is 0.394 e. The van der Waals surface area contributed by atoms with Gasteiger partial charge in [0.25, 0.3) is 0 Å². The van der Waals surface area contributed by atoms with Gasteiger partial charge in [0.1, 0.15) is 0 Å². The van der Waals surface area contributed by atoms with E-state index >= 15 is 0 Å². The van der Waals surface area contributed by atoms with Crippen LogP contribution in [0.25, 0.3) is 0 Å². The highest BCUT2D eigenvalue weighted by Crippen LogP contribution is 2.29. The van der Waals surface area contributed by atoms with Gasteiger partial charge in [0.05, 0.1) is 11.4 Å². The first-order valence-corrected chi connectivity index (χ1v) is 6.00. The Bertz CT molecular complexity index is 394. The SMILES string of the molecule is Cc1nc(Cl)nc(NC2CCC(C)C2)c1N. The molecular weight excluding hydrogens is 224 g/mol. The van der Waals surface area contributed by atoms with E-state index in [1.165, 1.54) is 19.3 Å². The molecule has 0 aromatic carbocycles. The number of hydrogen-bond acceptors (Lipinski definition) is 4. The Balaban J connectivity index is 2.15. The second-order valence-electron chi connectivity index (χ2n) is 4.60. The Morgan fingerprint density at radius 1 is 1.38 bits per heavy atom. The van der Waals surface area contributed by atoms with E-state index in [4.69, 9.17) is 17.3 Å². The smallest absolute Gasteiger partial charge is 0.224 e. The van der Waals surface area contributed by atoms with Crippen LogP contribution < -0.4 is 11.1 Å². The maximum atomic E-state index is 5.92. The summed E-state index contributed by atoms with van der Waals surface area (Å²) in [7, 11) is 0. The van der Waals surface area contributed by atoms with Crippen molar-refractivity contribution in [1.82, 2.24) is 9.97 Å². The lowest BCUT2D eigenvalue weighted by molar-refractivity contribution is 0.602. The van der Waals surface area contributed by atoms with Gasteiger partial charge in [0, 0.05) is 6.04 Å². The number of aromatic nitrogens is 2. The normalized spacial score (nSPS) is 24.7. The molecule has 0 radical (unpaired) electrons. The monoisotopic (exact) mass is 240 g/mol. The van der Waals surface area contributed by atoms with Crippen LogP contribution in [0.5, 0.6) is 0 Å². The number of nitrogens with two attached hydrogens (primary N) is 1. The lowest BCUT2D eigenvalue weighted by Crippen LogP contribution is -2.18. The molecular formula is C11H17ClN4. The number of nitrogens with one attached hydrogen (secondary N) is 1. The van der Waals surface area contributed by atoms with E-state index in [9.17, 15) is 0 Å². The molecule has 1 saturated carbocycles. The van der Waals surface area contributed by atoms with Crippen molar-refractivity contribution in [3.8, 4) is 0 Å². The molecule has 0 aliphatic heterocycles. The molecule has 1 aromatic rings. The first-order valence-electron chi connectivity index (χ1n) is 5.62. The van der Waals surface area contributed by atoms with E-state index in [1.807, 2.05) is 6.92 Å². The minimum absolute atomic E-state index is 0.250. The summed E-state index contributed by atoms with van der Waals surface area (Å²) in [6, 6.07) is 0.461. The van der Waals surface area contributed by atoms with E-state index in [-0.39, 0.29) is 5.28 Å². The molecule has 16 heavy (non-hydrogen) atoms. The third-order valence-corrected chi connectivity index (χ3v) is 3.31. The van der Waals surface area contributed by atoms with Crippen LogP contribution in [0.15, 0.2) is 0 Å². The summed E-state index contributed by atoms with van der Waals surface area (Å²) in [6.45, 7) is 4.11. The number of rotatable bonds is 2. The average molecular weight is 241 g/mol. The van der Waals surface area contributed by atoms with Crippen molar-refractivity contribution in [1.29, 1.82) is 0 Å². The molecule has 1 fully saturated rings. The van der Waals surface area contributed by atoms with Crippen LogP contribution in [0, 0.1) is 12.8 Å². The molecule has 4 nitrogen and oxygen atoms in total. The van der Waals surface area contributed by atoms with Crippen LogP contribution in [0.3, 0.4) is 0 Å². The van der Waals surface area contributed by atoms with Gasteiger partial charge in [-0.2, -0.15) is 4.98 Å². The molecule has 2 unspecified atom stereocenters. The van der Waals surface area contributed by atoms with Crippen LogP contribution in [-0.4, -0.2) is 16.0 Å². The summed E-state index contributed by atoms with van der Waals surface area (Å²) >= 11 is 5.82. The predicted molar refractivity (Wildman–Crippen MR) is 66.6 cm³/mol. The molecule has 0 bridgehead atoms. The maximum absolute atomic E-state index is 5.92. The third kappa shape index (κ3) is 2.38.